The number of likely N-dealkylation sites (N-methyl/N-ethyl adjacent to an activating group) is 2. The normalized spacial score (nSPS) is 18.6. The Hall–Kier alpha value is -7.78. The number of pyridine rings is 1. The van der Waals surface area contributed by atoms with Gasteiger partial charge in [0, 0.05) is 93.7 Å². The molecule has 5 atom stereocenters. The molecule has 490 valence electrons. The summed E-state index contributed by atoms with van der Waals surface area (Å²) in [6, 6.07) is 7.45. The molecule has 26 heteroatoms. The molecule has 3 aliphatic carbocycles. The number of carbonyl (C=O) groups excluding carboxylic acids is 9. The topological polar surface area (TPSA) is 344 Å². The average Bonchev–Trinajstić information content (AvgIpc) is 1.55. The number of esters is 1. The van der Waals surface area contributed by atoms with E-state index in [1.807, 2.05) is 26.0 Å². The quantitative estimate of drug-likeness (QED) is 0.0283. The second-order valence-electron chi connectivity index (χ2n) is 23.3. The maximum Gasteiger partial charge on any atom is 0.410 e. The van der Waals surface area contributed by atoms with Crippen molar-refractivity contribution in [2.75, 3.05) is 105 Å². The lowest BCUT2D eigenvalue weighted by Crippen LogP contribution is -2.54. The standard InChI is InChI=1S/C63H91N9O17/c1-11-44-35-41(4)67-47(36-44)18-19-50(74)65-24-28-84-30-32-86-34-33-85-31-29-83-27-20-51(75)70-53(40(2)3)57(78)69-49(13-12-23-66-58(64)79)56(77)68-46-16-14-45(15-17-46)38-87-59(80)71(9)25-26-72(10)60(81)89-55-52-42(5)63(21-22-63)62(8,82)54(76)48(52)37-61(55,7)39-88-43(6)73/h11,14-17,35-37,40,49,53,55,82H,1,12-13,18-34,38-39H2,2-10H3,(H,65,74)(H,68,77)(H,69,78)(H,70,75)(H3,64,66,79)/t49?,53?,55-,61-,62-/m0/s1. The zero-order valence-corrected chi connectivity index (χ0v) is 52.9. The molecule has 1 spiro atoms. The molecule has 3 aliphatic rings. The maximum atomic E-state index is 13.7. The van der Waals surface area contributed by atoms with Crippen LogP contribution in [-0.4, -0.2) is 197 Å². The molecule has 1 aromatic carbocycles. The molecule has 5 rings (SSSR count). The highest BCUT2D eigenvalue weighted by Crippen LogP contribution is 2.66. The molecule has 2 unspecified atom stereocenters. The number of ketones is 1. The van der Waals surface area contributed by atoms with E-state index in [0.717, 1.165) is 22.5 Å². The van der Waals surface area contributed by atoms with Crippen LogP contribution in [-0.2, 0) is 75.0 Å². The van der Waals surface area contributed by atoms with E-state index in [1.165, 1.54) is 37.7 Å². The van der Waals surface area contributed by atoms with Crippen LogP contribution in [0.4, 0.5) is 20.1 Å². The zero-order valence-electron chi connectivity index (χ0n) is 52.9. The number of amides is 8. The predicted molar refractivity (Wildman–Crippen MR) is 327 cm³/mol. The Bertz CT molecular complexity index is 2890. The summed E-state index contributed by atoms with van der Waals surface area (Å²) >= 11 is 0. The molecular weight excluding hydrogens is 1150 g/mol. The predicted octanol–water partition coefficient (Wildman–Crippen LogP) is 4.20. The number of hydrogen-bond donors (Lipinski definition) is 7. The van der Waals surface area contributed by atoms with Crippen molar-refractivity contribution in [1.82, 2.24) is 36.1 Å². The van der Waals surface area contributed by atoms with Gasteiger partial charge in [-0.3, -0.25) is 33.8 Å². The smallest absolute Gasteiger partial charge is 0.410 e. The lowest BCUT2D eigenvalue weighted by atomic mass is 9.67. The first-order valence-electron chi connectivity index (χ1n) is 30.1. The number of aryl methyl sites for hydroxylation is 2. The number of ether oxygens (including phenoxy) is 7. The molecule has 1 aromatic heterocycles. The van der Waals surface area contributed by atoms with Crippen LogP contribution in [0.5, 0.6) is 0 Å². The molecule has 89 heavy (non-hydrogen) atoms. The van der Waals surface area contributed by atoms with Crippen LogP contribution in [0.15, 0.2) is 65.8 Å². The van der Waals surface area contributed by atoms with Crippen molar-refractivity contribution < 1.29 is 81.4 Å². The van der Waals surface area contributed by atoms with E-state index in [2.05, 4.69) is 38.1 Å². The molecular formula is C63H91N9O17. The van der Waals surface area contributed by atoms with Gasteiger partial charge in [0.05, 0.1) is 58.3 Å². The number of aromatic nitrogens is 1. The second kappa shape index (κ2) is 34.3. The Kier molecular flexibility index (Phi) is 27.7. The monoisotopic (exact) mass is 1250 g/mol. The number of rotatable bonds is 37. The highest BCUT2D eigenvalue weighted by atomic mass is 16.6. The molecule has 26 nitrogen and oxygen atoms in total. The Morgan fingerprint density at radius 3 is 2.01 bits per heavy atom. The summed E-state index contributed by atoms with van der Waals surface area (Å²) in [5.41, 5.74) is 6.83. The fourth-order valence-corrected chi connectivity index (χ4v) is 10.4. The molecule has 2 aromatic rings. The molecule has 0 radical (unpaired) electrons. The van der Waals surface area contributed by atoms with Crippen LogP contribution >= 0.6 is 0 Å². The van der Waals surface area contributed by atoms with Crippen LogP contribution in [0.3, 0.4) is 0 Å². The highest BCUT2D eigenvalue weighted by molar-refractivity contribution is 6.09. The summed E-state index contributed by atoms with van der Waals surface area (Å²) in [7, 11) is 2.99. The van der Waals surface area contributed by atoms with Gasteiger partial charge >= 0.3 is 24.2 Å². The van der Waals surface area contributed by atoms with Crippen LogP contribution in [0.1, 0.15) is 103 Å². The first-order chi connectivity index (χ1) is 42.2. The van der Waals surface area contributed by atoms with Crippen LogP contribution in [0.25, 0.3) is 6.08 Å². The first kappa shape index (κ1) is 72.0. The number of benzene rings is 1. The van der Waals surface area contributed by atoms with E-state index in [4.69, 9.17) is 38.9 Å². The minimum atomic E-state index is -1.64. The Balaban J connectivity index is 0.978. The molecule has 1 heterocycles. The van der Waals surface area contributed by atoms with Crippen molar-refractivity contribution in [1.29, 1.82) is 0 Å². The van der Waals surface area contributed by atoms with Crippen molar-refractivity contribution >= 4 is 65.4 Å². The van der Waals surface area contributed by atoms with E-state index in [-0.39, 0.29) is 89.3 Å². The molecule has 1 fully saturated rings. The van der Waals surface area contributed by atoms with Gasteiger partial charge in [0.2, 0.25) is 23.6 Å². The lowest BCUT2D eigenvalue weighted by molar-refractivity contribution is -0.145. The number of Topliss-reactive ketones (excluding diaryl/α,β-unsaturated/α-hetero) is 1. The van der Waals surface area contributed by atoms with E-state index in [0.29, 0.717) is 82.1 Å². The number of nitrogens with two attached hydrogens (primary N) is 1. The number of fused-ring (bicyclic) bond motifs is 1. The van der Waals surface area contributed by atoms with Crippen molar-refractivity contribution in [2.24, 2.45) is 22.5 Å². The first-order valence-corrected chi connectivity index (χ1v) is 30.1. The van der Waals surface area contributed by atoms with Gasteiger partial charge < -0.3 is 80.4 Å². The Morgan fingerprint density at radius 2 is 1.42 bits per heavy atom. The number of nitrogens with one attached hydrogen (secondary N) is 5. The van der Waals surface area contributed by atoms with Crippen LogP contribution in [0.2, 0.25) is 0 Å². The number of hydrogen-bond acceptors (Lipinski definition) is 18. The molecule has 0 saturated heterocycles. The number of carbonyl (C=O) groups is 9. The number of urea groups is 1. The van der Waals surface area contributed by atoms with Crippen molar-refractivity contribution in [3.63, 3.8) is 0 Å². The maximum absolute atomic E-state index is 13.7. The van der Waals surface area contributed by atoms with Gasteiger partial charge in [-0.25, -0.2) is 14.4 Å². The number of aliphatic hydroxyl groups is 1. The second-order valence-corrected chi connectivity index (χ2v) is 23.3. The summed E-state index contributed by atoms with van der Waals surface area (Å²) < 4.78 is 39.1. The van der Waals surface area contributed by atoms with Gasteiger partial charge in [-0.05, 0) is 101 Å². The molecule has 0 aliphatic heterocycles. The summed E-state index contributed by atoms with van der Waals surface area (Å²) in [6.07, 6.45) is 3.29. The SMILES string of the molecule is C=Cc1cc(C)nc(CCC(=O)NCCOCCOCCOCCOCCC(=O)NC(C(=O)NC(CCCNC(N)=O)C(=O)Nc2ccc(COC(=O)N(C)CCN(C)C(=O)O[C@H]3C4=C(C)C5(CC5)[C@@](C)(O)C(=O)C4=C[C@@]3(C)COC(C)=O)cc2)C(C)C)c1. The van der Waals surface area contributed by atoms with Gasteiger partial charge in [0.1, 0.15) is 37.0 Å². The minimum absolute atomic E-state index is 0.0315. The van der Waals surface area contributed by atoms with Crippen molar-refractivity contribution in [3.8, 4) is 0 Å². The summed E-state index contributed by atoms with van der Waals surface area (Å²) in [5.74, 6) is -3.09. The third-order valence-electron chi connectivity index (χ3n) is 15.8. The third kappa shape index (κ3) is 21.5. The Labute approximate surface area is 520 Å². The largest absolute Gasteiger partial charge is 0.465 e. The van der Waals surface area contributed by atoms with Gasteiger partial charge in [-0.1, -0.05) is 50.3 Å². The molecule has 1 saturated carbocycles. The summed E-state index contributed by atoms with van der Waals surface area (Å²) in [5, 5.41) is 25.0. The van der Waals surface area contributed by atoms with Gasteiger partial charge in [-0.2, -0.15) is 0 Å². The van der Waals surface area contributed by atoms with Gasteiger partial charge in [0.15, 0.2) is 5.78 Å². The minimum Gasteiger partial charge on any atom is -0.465 e. The zero-order chi connectivity index (χ0) is 65.5. The fraction of sp³-hybridized carbons (Fsp3) is 0.587. The number of anilines is 1. The highest BCUT2D eigenvalue weighted by Gasteiger charge is 2.67. The Morgan fingerprint density at radius 1 is 0.798 bits per heavy atom. The molecule has 8 amide bonds. The lowest BCUT2D eigenvalue weighted by Gasteiger charge is -2.40. The molecule has 0 bridgehead atoms. The van der Waals surface area contributed by atoms with Crippen molar-refractivity contribution in [2.45, 2.75) is 124 Å². The van der Waals surface area contributed by atoms with Crippen molar-refractivity contribution in [3.05, 3.63) is 88.3 Å². The van der Waals surface area contributed by atoms with E-state index >= 15 is 0 Å². The van der Waals surface area contributed by atoms with Gasteiger partial charge in [0.25, 0.3) is 0 Å². The van der Waals surface area contributed by atoms with E-state index < -0.39 is 82.3 Å². The average molecular weight is 1250 g/mol. The fourth-order valence-electron chi connectivity index (χ4n) is 10.4. The van der Waals surface area contributed by atoms with E-state index in [1.54, 1.807) is 57.2 Å². The number of nitrogens with zero attached hydrogens (tertiary/aromatic N) is 3. The summed E-state index contributed by atoms with van der Waals surface area (Å²) in [4.78, 5) is 123. The summed E-state index contributed by atoms with van der Waals surface area (Å²) in [6.45, 7) is 18.0. The number of primary amides is 1. The van der Waals surface area contributed by atoms with Crippen LogP contribution < -0.4 is 32.3 Å². The van der Waals surface area contributed by atoms with E-state index in [9.17, 15) is 48.3 Å². The van der Waals surface area contributed by atoms with Crippen LogP contribution in [0, 0.1) is 23.7 Å². The third-order valence-corrected chi connectivity index (χ3v) is 15.8. The molecule has 8 N–H and O–H groups in total. The van der Waals surface area contributed by atoms with Gasteiger partial charge in [-0.15, -0.1) is 0 Å².